The molecule has 3 aromatic rings. The van der Waals surface area contributed by atoms with Gasteiger partial charge in [-0.15, -0.1) is 0 Å². The number of hydrogen-bond acceptors (Lipinski definition) is 5. The fourth-order valence-electron chi connectivity index (χ4n) is 5.07. The van der Waals surface area contributed by atoms with E-state index in [0.717, 1.165) is 41.1 Å². The van der Waals surface area contributed by atoms with Crippen LogP contribution in [0, 0.1) is 6.92 Å². The molecule has 1 saturated carbocycles. The number of aryl methyl sites for hydroxylation is 1. The highest BCUT2D eigenvalue weighted by molar-refractivity contribution is 7.92. The molecular weight excluding hydrogens is 538 g/mol. The van der Waals surface area contributed by atoms with Gasteiger partial charge in [0.25, 0.3) is 10.0 Å². The van der Waals surface area contributed by atoms with Crippen LogP contribution in [-0.2, 0) is 26.2 Å². The van der Waals surface area contributed by atoms with Crippen LogP contribution in [0.15, 0.2) is 83.8 Å². The van der Waals surface area contributed by atoms with Crippen LogP contribution in [0.1, 0.15) is 50.7 Å². The summed E-state index contributed by atoms with van der Waals surface area (Å²) in [6, 6.07) is 21.6. The monoisotopic (exact) mass is 577 g/mol. The zero-order valence-electron chi connectivity index (χ0n) is 24.0. The summed E-state index contributed by atoms with van der Waals surface area (Å²) in [7, 11) is -4.11. The quantitative estimate of drug-likeness (QED) is 0.325. The molecule has 0 heterocycles. The first kappa shape index (κ1) is 30.1. The third-order valence-electron chi connectivity index (χ3n) is 7.52. The predicted octanol–water partition coefficient (Wildman–Crippen LogP) is 5.07. The molecule has 218 valence electrons. The van der Waals surface area contributed by atoms with Crippen molar-refractivity contribution in [3.8, 4) is 5.75 Å². The Morgan fingerprint density at radius 1 is 0.951 bits per heavy atom. The average Bonchev–Trinajstić information content (AvgIpc) is 3.49. The van der Waals surface area contributed by atoms with E-state index in [0.29, 0.717) is 18.0 Å². The molecule has 9 heteroatoms. The Morgan fingerprint density at radius 2 is 1.59 bits per heavy atom. The Bertz CT molecular complexity index is 1420. The Balaban J connectivity index is 1.68. The number of rotatable bonds is 12. The second-order valence-corrected chi connectivity index (χ2v) is 12.2. The molecule has 1 atom stereocenters. The molecule has 8 nitrogen and oxygen atoms in total. The van der Waals surface area contributed by atoms with Crippen LogP contribution in [0.4, 0.5) is 5.69 Å². The third-order valence-corrected chi connectivity index (χ3v) is 9.30. The highest BCUT2D eigenvalue weighted by atomic mass is 32.2. The topological polar surface area (TPSA) is 96.0 Å². The minimum atomic E-state index is -4.11. The zero-order chi connectivity index (χ0) is 29.4. The Kier molecular flexibility index (Phi) is 10.0. The maximum atomic E-state index is 14.1. The van der Waals surface area contributed by atoms with E-state index in [4.69, 9.17) is 4.74 Å². The molecule has 1 fully saturated rings. The van der Waals surface area contributed by atoms with Crippen molar-refractivity contribution in [1.29, 1.82) is 0 Å². The molecule has 1 aliphatic rings. The van der Waals surface area contributed by atoms with Crippen LogP contribution in [0.3, 0.4) is 0 Å². The molecule has 0 bridgehead atoms. The summed E-state index contributed by atoms with van der Waals surface area (Å²) in [4.78, 5) is 29.0. The smallest absolute Gasteiger partial charge is 0.264 e. The maximum Gasteiger partial charge on any atom is 0.264 e. The van der Waals surface area contributed by atoms with E-state index >= 15 is 0 Å². The molecule has 1 N–H and O–H groups in total. The lowest BCUT2D eigenvalue weighted by Gasteiger charge is -2.33. The highest BCUT2D eigenvalue weighted by Crippen LogP contribution is 2.27. The maximum absolute atomic E-state index is 14.1. The molecule has 2 amide bonds. The number of benzene rings is 3. The van der Waals surface area contributed by atoms with Crippen LogP contribution in [0.25, 0.3) is 0 Å². The summed E-state index contributed by atoms with van der Waals surface area (Å²) in [6.45, 7) is 5.69. The highest BCUT2D eigenvalue weighted by Gasteiger charge is 2.33. The van der Waals surface area contributed by atoms with E-state index in [1.807, 2.05) is 38.1 Å². The van der Waals surface area contributed by atoms with Gasteiger partial charge in [0, 0.05) is 12.6 Å². The lowest BCUT2D eigenvalue weighted by molar-refractivity contribution is -0.139. The molecule has 3 aromatic carbocycles. The largest absolute Gasteiger partial charge is 0.494 e. The van der Waals surface area contributed by atoms with Gasteiger partial charge in [-0.3, -0.25) is 13.9 Å². The number of anilines is 1. The van der Waals surface area contributed by atoms with Crippen LogP contribution in [0.5, 0.6) is 5.75 Å². The van der Waals surface area contributed by atoms with Crippen molar-refractivity contribution in [2.75, 3.05) is 17.5 Å². The number of hydrogen-bond donors (Lipinski definition) is 1. The van der Waals surface area contributed by atoms with Crippen molar-refractivity contribution < 1.29 is 22.7 Å². The number of nitrogens with one attached hydrogen (secondary N) is 1. The number of nitrogens with zero attached hydrogens (tertiary/aromatic N) is 2. The summed E-state index contributed by atoms with van der Waals surface area (Å²) in [5, 5.41) is 3.10. The molecule has 1 aliphatic carbocycles. The molecule has 0 aliphatic heterocycles. The van der Waals surface area contributed by atoms with Gasteiger partial charge in [-0.2, -0.15) is 0 Å². The molecule has 0 spiro atoms. The van der Waals surface area contributed by atoms with Crippen LogP contribution < -0.4 is 14.4 Å². The van der Waals surface area contributed by atoms with Crippen molar-refractivity contribution >= 4 is 27.5 Å². The second kappa shape index (κ2) is 13.7. The fraction of sp³-hybridized carbons (Fsp3) is 0.375. The van der Waals surface area contributed by atoms with E-state index < -0.39 is 28.5 Å². The van der Waals surface area contributed by atoms with E-state index in [9.17, 15) is 18.0 Å². The van der Waals surface area contributed by atoms with Crippen molar-refractivity contribution in [3.05, 3.63) is 90.0 Å². The molecule has 41 heavy (non-hydrogen) atoms. The summed E-state index contributed by atoms with van der Waals surface area (Å²) >= 11 is 0. The van der Waals surface area contributed by atoms with E-state index in [1.165, 1.54) is 17.0 Å². The number of ether oxygens (including phenoxy) is 1. The predicted molar refractivity (Wildman–Crippen MR) is 160 cm³/mol. The minimum absolute atomic E-state index is 0.0687. The number of amides is 2. The lowest BCUT2D eigenvalue weighted by atomic mass is 10.1. The van der Waals surface area contributed by atoms with Gasteiger partial charge in [-0.25, -0.2) is 8.42 Å². The van der Waals surface area contributed by atoms with Crippen LogP contribution in [-0.4, -0.2) is 50.4 Å². The summed E-state index contributed by atoms with van der Waals surface area (Å²) in [5.41, 5.74) is 2.19. The normalized spacial score (nSPS) is 14.3. The van der Waals surface area contributed by atoms with E-state index in [-0.39, 0.29) is 23.4 Å². The van der Waals surface area contributed by atoms with E-state index in [1.54, 1.807) is 49.4 Å². The number of carbonyl (C=O) groups excluding carboxylic acids is 2. The van der Waals surface area contributed by atoms with Gasteiger partial charge in [-0.05, 0) is 81.1 Å². The van der Waals surface area contributed by atoms with Crippen molar-refractivity contribution in [1.82, 2.24) is 10.2 Å². The molecule has 1 unspecified atom stereocenters. The molecule has 0 aromatic heterocycles. The van der Waals surface area contributed by atoms with Gasteiger partial charge in [0.1, 0.15) is 18.3 Å². The van der Waals surface area contributed by atoms with Gasteiger partial charge in [0.15, 0.2) is 0 Å². The fourth-order valence-corrected chi connectivity index (χ4v) is 6.50. The Hall–Kier alpha value is -3.85. The van der Waals surface area contributed by atoms with Crippen molar-refractivity contribution in [3.63, 3.8) is 0 Å². The standard InChI is InChI=1S/C32H39N3O5S/c1-4-40-29-20-18-28(19-21-29)35(41(38,39)30-16-6-5-7-17-30)23-31(36)34(22-26-13-9-8-12-24(26)2)25(3)32(37)33-27-14-10-11-15-27/h5-9,12-13,16-21,25,27H,4,10-11,14-15,22-23H2,1-3H3,(H,33,37). The van der Waals surface area contributed by atoms with Gasteiger partial charge in [0.05, 0.1) is 17.2 Å². The number of sulfonamides is 1. The minimum Gasteiger partial charge on any atom is -0.494 e. The van der Waals surface area contributed by atoms with Gasteiger partial charge in [0.2, 0.25) is 11.8 Å². The first-order chi connectivity index (χ1) is 19.7. The SMILES string of the molecule is CCOc1ccc(N(CC(=O)N(Cc2ccccc2C)C(C)C(=O)NC2CCCC2)S(=O)(=O)c2ccccc2)cc1. The van der Waals surface area contributed by atoms with Gasteiger partial charge in [-0.1, -0.05) is 55.3 Å². The van der Waals surface area contributed by atoms with Crippen LogP contribution in [0.2, 0.25) is 0 Å². The molecule has 4 rings (SSSR count). The Morgan fingerprint density at radius 3 is 2.22 bits per heavy atom. The van der Waals surface area contributed by atoms with E-state index in [2.05, 4.69) is 5.32 Å². The summed E-state index contributed by atoms with van der Waals surface area (Å²) in [6.07, 6.45) is 3.98. The third kappa shape index (κ3) is 7.47. The first-order valence-electron chi connectivity index (χ1n) is 14.2. The van der Waals surface area contributed by atoms with Crippen molar-refractivity contribution in [2.45, 2.75) is 70.0 Å². The van der Waals surface area contributed by atoms with Gasteiger partial charge >= 0.3 is 0 Å². The lowest BCUT2D eigenvalue weighted by Crippen LogP contribution is -2.52. The average molecular weight is 578 g/mol. The molecule has 0 saturated heterocycles. The zero-order valence-corrected chi connectivity index (χ0v) is 24.8. The first-order valence-corrected chi connectivity index (χ1v) is 15.6. The summed E-state index contributed by atoms with van der Waals surface area (Å²) < 4.78 is 34.4. The van der Waals surface area contributed by atoms with Crippen LogP contribution >= 0.6 is 0 Å². The second-order valence-electron chi connectivity index (χ2n) is 10.4. The Labute approximate surface area is 243 Å². The summed E-state index contributed by atoms with van der Waals surface area (Å²) in [5.74, 6) is -0.119. The van der Waals surface area contributed by atoms with Crippen molar-refractivity contribution in [2.24, 2.45) is 0 Å². The molecule has 0 radical (unpaired) electrons. The molecular formula is C32H39N3O5S. The van der Waals surface area contributed by atoms with Gasteiger partial charge < -0.3 is 15.0 Å². The number of carbonyl (C=O) groups is 2.